The van der Waals surface area contributed by atoms with Crippen LogP contribution in [0.15, 0.2) is 24.3 Å². The molecule has 116 valence electrons. The number of rotatable bonds is 4. The topological polar surface area (TPSA) is 47.7 Å². The lowest BCUT2D eigenvalue weighted by Crippen LogP contribution is -2.54. The van der Waals surface area contributed by atoms with Crippen molar-refractivity contribution in [1.29, 1.82) is 0 Å². The third kappa shape index (κ3) is 3.23. The van der Waals surface area contributed by atoms with Crippen LogP contribution in [-0.4, -0.2) is 43.9 Å². The first kappa shape index (κ1) is 14.8. The molecule has 0 aromatic heterocycles. The van der Waals surface area contributed by atoms with Gasteiger partial charge in [0.2, 0.25) is 0 Å². The number of para-hydroxylation sites is 1. The van der Waals surface area contributed by atoms with Crippen LogP contribution in [0.5, 0.6) is 5.75 Å². The quantitative estimate of drug-likeness (QED) is 0.924. The lowest BCUT2D eigenvalue weighted by molar-refractivity contribution is -0.0894. The van der Waals surface area contributed by atoms with Crippen molar-refractivity contribution in [3.05, 3.63) is 29.8 Å². The Labute approximate surface area is 127 Å². The van der Waals surface area contributed by atoms with Crippen molar-refractivity contribution in [3.63, 3.8) is 0 Å². The highest BCUT2D eigenvalue weighted by Gasteiger charge is 2.34. The Morgan fingerprint density at radius 1 is 1.33 bits per heavy atom. The predicted molar refractivity (Wildman–Crippen MR) is 83.5 cm³/mol. The average Bonchev–Trinajstić information content (AvgIpc) is 2.55. The summed E-state index contributed by atoms with van der Waals surface area (Å²) < 4.78 is 11.4. The molecular weight excluding hydrogens is 264 g/mol. The Morgan fingerprint density at radius 2 is 2.14 bits per heavy atom. The molecule has 0 radical (unpaired) electrons. The summed E-state index contributed by atoms with van der Waals surface area (Å²) in [6.45, 7) is 2.70. The SMILES string of the molecule is COc1ccccc1C(N)CN1CCOC2CCCCC21. The maximum Gasteiger partial charge on any atom is 0.123 e. The van der Waals surface area contributed by atoms with Crippen molar-refractivity contribution < 1.29 is 9.47 Å². The first-order chi connectivity index (χ1) is 10.3. The Hall–Kier alpha value is -1.10. The van der Waals surface area contributed by atoms with Gasteiger partial charge in [0.05, 0.1) is 19.8 Å². The minimum absolute atomic E-state index is 0.0122. The fourth-order valence-corrected chi connectivity index (χ4v) is 3.73. The molecule has 1 aromatic carbocycles. The number of fused-ring (bicyclic) bond motifs is 1. The summed E-state index contributed by atoms with van der Waals surface area (Å²) in [5.74, 6) is 0.887. The zero-order chi connectivity index (χ0) is 14.7. The highest BCUT2D eigenvalue weighted by Crippen LogP contribution is 2.30. The van der Waals surface area contributed by atoms with E-state index in [1.165, 1.54) is 25.7 Å². The maximum absolute atomic E-state index is 6.46. The lowest BCUT2D eigenvalue weighted by atomic mass is 9.89. The fourth-order valence-electron chi connectivity index (χ4n) is 3.73. The van der Waals surface area contributed by atoms with Gasteiger partial charge in [-0.05, 0) is 18.9 Å². The molecule has 0 spiro atoms. The molecular formula is C17H26N2O2. The lowest BCUT2D eigenvalue weighted by Gasteiger charge is -2.44. The van der Waals surface area contributed by atoms with Crippen LogP contribution in [-0.2, 0) is 4.74 Å². The molecule has 3 unspecified atom stereocenters. The number of benzene rings is 1. The molecule has 1 heterocycles. The molecule has 2 aliphatic rings. The molecule has 1 aliphatic carbocycles. The van der Waals surface area contributed by atoms with Crippen molar-refractivity contribution in [2.45, 2.75) is 43.9 Å². The fraction of sp³-hybridized carbons (Fsp3) is 0.647. The molecule has 4 heteroatoms. The van der Waals surface area contributed by atoms with E-state index in [1.54, 1.807) is 7.11 Å². The maximum atomic E-state index is 6.46. The van der Waals surface area contributed by atoms with Crippen molar-refractivity contribution in [2.75, 3.05) is 26.8 Å². The molecule has 3 rings (SSSR count). The van der Waals surface area contributed by atoms with Gasteiger partial charge in [0.25, 0.3) is 0 Å². The van der Waals surface area contributed by atoms with Gasteiger partial charge in [-0.3, -0.25) is 4.90 Å². The Morgan fingerprint density at radius 3 is 3.00 bits per heavy atom. The third-order valence-electron chi connectivity index (χ3n) is 4.82. The largest absolute Gasteiger partial charge is 0.496 e. The van der Waals surface area contributed by atoms with Crippen molar-refractivity contribution >= 4 is 0 Å². The van der Waals surface area contributed by atoms with E-state index in [1.807, 2.05) is 18.2 Å². The molecule has 1 aromatic rings. The van der Waals surface area contributed by atoms with E-state index in [9.17, 15) is 0 Å². The zero-order valence-corrected chi connectivity index (χ0v) is 12.8. The van der Waals surface area contributed by atoms with E-state index in [0.29, 0.717) is 12.1 Å². The summed E-state index contributed by atoms with van der Waals surface area (Å²) in [5, 5.41) is 0. The van der Waals surface area contributed by atoms with Crippen molar-refractivity contribution in [3.8, 4) is 5.75 Å². The van der Waals surface area contributed by atoms with Gasteiger partial charge in [0.15, 0.2) is 0 Å². The van der Waals surface area contributed by atoms with Crippen LogP contribution in [0.4, 0.5) is 0 Å². The summed E-state index contributed by atoms with van der Waals surface area (Å²) in [5.41, 5.74) is 7.56. The van der Waals surface area contributed by atoms with E-state index in [4.69, 9.17) is 15.2 Å². The highest BCUT2D eigenvalue weighted by molar-refractivity contribution is 5.35. The van der Waals surface area contributed by atoms with E-state index >= 15 is 0 Å². The zero-order valence-electron chi connectivity index (χ0n) is 12.8. The minimum atomic E-state index is -0.0122. The van der Waals surface area contributed by atoms with Gasteiger partial charge in [-0.25, -0.2) is 0 Å². The van der Waals surface area contributed by atoms with Crippen molar-refractivity contribution in [2.24, 2.45) is 5.73 Å². The van der Waals surface area contributed by atoms with Gasteiger partial charge < -0.3 is 15.2 Å². The number of hydrogen-bond donors (Lipinski definition) is 1. The second kappa shape index (κ2) is 6.77. The molecule has 4 nitrogen and oxygen atoms in total. The summed E-state index contributed by atoms with van der Waals surface area (Å²) in [4.78, 5) is 2.53. The first-order valence-corrected chi connectivity index (χ1v) is 8.03. The van der Waals surface area contributed by atoms with Crippen LogP contribution in [0.2, 0.25) is 0 Å². The van der Waals surface area contributed by atoms with Gasteiger partial charge in [0, 0.05) is 30.7 Å². The molecule has 1 saturated carbocycles. The molecule has 21 heavy (non-hydrogen) atoms. The number of ether oxygens (including phenoxy) is 2. The number of nitrogens with two attached hydrogens (primary N) is 1. The number of hydrogen-bond acceptors (Lipinski definition) is 4. The third-order valence-corrected chi connectivity index (χ3v) is 4.82. The van der Waals surface area contributed by atoms with E-state index < -0.39 is 0 Å². The Kier molecular flexibility index (Phi) is 4.78. The molecule has 0 amide bonds. The van der Waals surface area contributed by atoms with Crippen LogP contribution in [0.25, 0.3) is 0 Å². The van der Waals surface area contributed by atoms with Crippen LogP contribution in [0, 0.1) is 0 Å². The summed E-state index contributed by atoms with van der Waals surface area (Å²) in [6.07, 6.45) is 5.46. The van der Waals surface area contributed by atoms with Gasteiger partial charge in [-0.2, -0.15) is 0 Å². The van der Waals surface area contributed by atoms with Crippen LogP contribution < -0.4 is 10.5 Å². The molecule has 1 saturated heterocycles. The number of methoxy groups -OCH3 is 1. The highest BCUT2D eigenvalue weighted by atomic mass is 16.5. The van der Waals surface area contributed by atoms with E-state index in [-0.39, 0.29) is 6.04 Å². The van der Waals surface area contributed by atoms with Gasteiger partial charge in [-0.1, -0.05) is 31.0 Å². The van der Waals surface area contributed by atoms with Crippen LogP contribution in [0.3, 0.4) is 0 Å². The monoisotopic (exact) mass is 290 g/mol. The Bertz CT molecular complexity index is 464. The molecule has 1 aliphatic heterocycles. The number of morpholine rings is 1. The van der Waals surface area contributed by atoms with Gasteiger partial charge in [0.1, 0.15) is 5.75 Å². The summed E-state index contributed by atoms with van der Waals surface area (Å²) in [6, 6.07) is 8.61. The van der Waals surface area contributed by atoms with Gasteiger partial charge in [-0.15, -0.1) is 0 Å². The van der Waals surface area contributed by atoms with Crippen molar-refractivity contribution in [1.82, 2.24) is 4.90 Å². The normalized spacial score (nSPS) is 27.9. The Balaban J connectivity index is 1.69. The summed E-state index contributed by atoms with van der Waals surface area (Å²) in [7, 11) is 1.71. The second-order valence-electron chi connectivity index (χ2n) is 6.10. The standard InChI is InChI=1S/C17H26N2O2/c1-20-16-8-4-2-6-13(16)14(18)12-19-10-11-21-17-9-5-3-7-15(17)19/h2,4,6,8,14-15,17H,3,5,7,9-12,18H2,1H3. The predicted octanol–water partition coefficient (Wildman–Crippen LogP) is 2.34. The van der Waals surface area contributed by atoms with Crippen LogP contribution in [0.1, 0.15) is 37.3 Å². The first-order valence-electron chi connectivity index (χ1n) is 8.03. The molecule has 2 N–H and O–H groups in total. The molecule has 3 atom stereocenters. The molecule has 0 bridgehead atoms. The molecule has 2 fully saturated rings. The van der Waals surface area contributed by atoms with E-state index in [2.05, 4.69) is 11.0 Å². The van der Waals surface area contributed by atoms with Crippen LogP contribution >= 0.6 is 0 Å². The number of nitrogens with zero attached hydrogens (tertiary/aromatic N) is 1. The summed E-state index contributed by atoms with van der Waals surface area (Å²) >= 11 is 0. The second-order valence-corrected chi connectivity index (χ2v) is 6.10. The smallest absolute Gasteiger partial charge is 0.123 e. The van der Waals surface area contributed by atoms with E-state index in [0.717, 1.165) is 31.0 Å². The minimum Gasteiger partial charge on any atom is -0.496 e. The average molecular weight is 290 g/mol. The van der Waals surface area contributed by atoms with Gasteiger partial charge >= 0.3 is 0 Å².